The molecule has 0 bridgehead atoms. The third-order valence-corrected chi connectivity index (χ3v) is 2.31. The second-order valence-corrected chi connectivity index (χ2v) is 3.91. The normalized spacial score (nSPS) is 10.7. The molecule has 0 atom stereocenters. The van der Waals surface area contributed by atoms with Crippen LogP contribution in [-0.2, 0) is 9.47 Å². The van der Waals surface area contributed by atoms with E-state index in [9.17, 15) is 0 Å². The summed E-state index contributed by atoms with van der Waals surface area (Å²) in [6, 6.07) is 3.42. The lowest BCUT2D eigenvalue weighted by atomic mass is 10.3. The Hall–Kier alpha value is -2.08. The zero-order valence-corrected chi connectivity index (χ0v) is 11.7. The van der Waals surface area contributed by atoms with Crippen LogP contribution in [0.25, 0.3) is 0 Å². The average Bonchev–Trinajstić information content (AvgIpc) is 2.45. The Morgan fingerprint density at radius 3 is 2.90 bits per heavy atom. The Morgan fingerprint density at radius 1 is 1.35 bits per heavy atom. The predicted octanol–water partition coefficient (Wildman–Crippen LogP) is 2.02. The van der Waals surface area contributed by atoms with E-state index in [-0.39, 0.29) is 0 Å². The number of rotatable bonds is 10. The molecule has 0 aliphatic rings. The van der Waals surface area contributed by atoms with Crippen LogP contribution >= 0.6 is 0 Å². The summed E-state index contributed by atoms with van der Waals surface area (Å²) in [5.74, 6) is 1.10. The van der Waals surface area contributed by atoms with Crippen molar-refractivity contribution in [1.29, 1.82) is 5.41 Å². The lowest BCUT2D eigenvalue weighted by Crippen LogP contribution is -2.04. The first kappa shape index (κ1) is 16.0. The fourth-order valence-electron chi connectivity index (χ4n) is 1.29. The van der Waals surface area contributed by atoms with Crippen molar-refractivity contribution in [2.75, 3.05) is 32.2 Å². The Labute approximate surface area is 119 Å². The molecule has 6 heteroatoms. The minimum atomic E-state index is 0.410. The first-order valence-electron chi connectivity index (χ1n) is 6.50. The molecule has 1 aromatic heterocycles. The molecule has 1 heterocycles. The zero-order valence-electron chi connectivity index (χ0n) is 11.7. The third-order valence-electron chi connectivity index (χ3n) is 2.31. The molecule has 6 nitrogen and oxygen atoms in total. The number of nitrogen functional groups attached to an aromatic ring is 1. The van der Waals surface area contributed by atoms with Gasteiger partial charge in [-0.25, -0.2) is 4.98 Å². The van der Waals surface area contributed by atoms with Gasteiger partial charge < -0.3 is 25.4 Å². The van der Waals surface area contributed by atoms with E-state index in [2.05, 4.69) is 4.98 Å². The molecule has 0 aliphatic carbocycles. The number of nitrogens with one attached hydrogen (secondary N) is 1. The molecule has 20 heavy (non-hydrogen) atoms. The number of aromatic nitrogens is 1. The van der Waals surface area contributed by atoms with E-state index in [1.165, 1.54) is 6.26 Å². The molecule has 0 saturated carbocycles. The molecule has 0 radical (unpaired) electrons. The predicted molar refractivity (Wildman–Crippen MR) is 78.1 cm³/mol. The third kappa shape index (κ3) is 7.38. The minimum absolute atomic E-state index is 0.410. The van der Waals surface area contributed by atoms with E-state index in [0.717, 1.165) is 0 Å². The first-order chi connectivity index (χ1) is 9.72. The van der Waals surface area contributed by atoms with Crippen LogP contribution in [0.2, 0.25) is 0 Å². The lowest BCUT2D eigenvalue weighted by Gasteiger charge is -2.05. The van der Waals surface area contributed by atoms with Crippen molar-refractivity contribution in [3.8, 4) is 5.75 Å². The summed E-state index contributed by atoms with van der Waals surface area (Å²) >= 11 is 0. The summed E-state index contributed by atoms with van der Waals surface area (Å²) in [6.45, 7) is 4.07. The number of ether oxygens (including phenoxy) is 3. The van der Waals surface area contributed by atoms with Crippen LogP contribution in [0, 0.1) is 5.41 Å². The molecule has 0 saturated heterocycles. The van der Waals surface area contributed by atoms with Crippen LogP contribution in [-0.4, -0.2) is 37.1 Å². The standard InChI is InChI=1S/C14H21N3O3/c1-2-18-9-10-19-7-5-12(15)6-8-20-13-3-4-14(16)17-11-13/h3-5,7,11,15H,2,6,8-10H2,1H3,(H2,16,17)/b7-5+,15-12?. The van der Waals surface area contributed by atoms with Gasteiger partial charge in [-0.3, -0.25) is 0 Å². The van der Waals surface area contributed by atoms with Gasteiger partial charge in [0.05, 0.1) is 25.7 Å². The molecule has 110 valence electrons. The van der Waals surface area contributed by atoms with E-state index >= 15 is 0 Å². The van der Waals surface area contributed by atoms with Crippen molar-refractivity contribution >= 4 is 11.5 Å². The van der Waals surface area contributed by atoms with Gasteiger partial charge in [-0.15, -0.1) is 0 Å². The van der Waals surface area contributed by atoms with Crippen LogP contribution in [0.15, 0.2) is 30.7 Å². The monoisotopic (exact) mass is 279 g/mol. The van der Waals surface area contributed by atoms with E-state index in [1.807, 2.05) is 6.92 Å². The van der Waals surface area contributed by atoms with Crippen molar-refractivity contribution in [2.45, 2.75) is 13.3 Å². The highest BCUT2D eigenvalue weighted by molar-refractivity contribution is 5.92. The molecular formula is C14H21N3O3. The minimum Gasteiger partial charge on any atom is -0.499 e. The van der Waals surface area contributed by atoms with Gasteiger partial charge in [-0.1, -0.05) is 0 Å². The number of pyridine rings is 1. The molecule has 0 fully saturated rings. The maximum Gasteiger partial charge on any atom is 0.137 e. The fourth-order valence-corrected chi connectivity index (χ4v) is 1.29. The smallest absolute Gasteiger partial charge is 0.137 e. The Kier molecular flexibility index (Phi) is 7.83. The molecule has 0 aromatic carbocycles. The van der Waals surface area contributed by atoms with E-state index < -0.39 is 0 Å². The number of allylic oxidation sites excluding steroid dienone is 1. The summed E-state index contributed by atoms with van der Waals surface area (Å²) in [7, 11) is 0. The van der Waals surface area contributed by atoms with Gasteiger partial charge in [0.2, 0.25) is 0 Å². The van der Waals surface area contributed by atoms with Crippen molar-refractivity contribution in [3.63, 3.8) is 0 Å². The Balaban J connectivity index is 2.10. The summed E-state index contributed by atoms with van der Waals surface area (Å²) in [4.78, 5) is 3.92. The van der Waals surface area contributed by atoms with E-state index in [4.69, 9.17) is 25.4 Å². The van der Waals surface area contributed by atoms with Crippen LogP contribution in [0.3, 0.4) is 0 Å². The average molecular weight is 279 g/mol. The fraction of sp³-hybridized carbons (Fsp3) is 0.429. The summed E-state index contributed by atoms with van der Waals surface area (Å²) in [5.41, 5.74) is 5.90. The van der Waals surface area contributed by atoms with Gasteiger partial charge in [0.1, 0.15) is 18.2 Å². The summed E-state index contributed by atoms with van der Waals surface area (Å²) in [5, 5.41) is 7.69. The van der Waals surface area contributed by atoms with Gasteiger partial charge in [0.15, 0.2) is 0 Å². The summed E-state index contributed by atoms with van der Waals surface area (Å²) < 4.78 is 15.7. The topological polar surface area (TPSA) is 90.5 Å². The molecule has 0 amide bonds. The number of nitrogens with zero attached hydrogens (tertiary/aromatic N) is 1. The molecule has 3 N–H and O–H groups in total. The highest BCUT2D eigenvalue weighted by atomic mass is 16.5. The van der Waals surface area contributed by atoms with Gasteiger partial charge in [-0.2, -0.15) is 0 Å². The van der Waals surface area contributed by atoms with Gasteiger partial charge in [0.25, 0.3) is 0 Å². The number of hydrogen-bond donors (Lipinski definition) is 2. The number of hydrogen-bond acceptors (Lipinski definition) is 6. The largest absolute Gasteiger partial charge is 0.499 e. The van der Waals surface area contributed by atoms with Crippen molar-refractivity contribution in [3.05, 3.63) is 30.7 Å². The zero-order chi connectivity index (χ0) is 14.6. The highest BCUT2D eigenvalue weighted by Crippen LogP contribution is 2.10. The van der Waals surface area contributed by atoms with Crippen LogP contribution < -0.4 is 10.5 Å². The second-order valence-electron chi connectivity index (χ2n) is 3.91. The molecule has 1 aromatic rings. The van der Waals surface area contributed by atoms with Crippen molar-refractivity contribution in [1.82, 2.24) is 4.98 Å². The number of nitrogens with two attached hydrogens (primary N) is 1. The van der Waals surface area contributed by atoms with Gasteiger partial charge in [0, 0.05) is 18.7 Å². The summed E-state index contributed by atoms with van der Waals surface area (Å²) in [6.07, 6.45) is 5.17. The Bertz CT molecular complexity index is 418. The Morgan fingerprint density at radius 2 is 2.20 bits per heavy atom. The van der Waals surface area contributed by atoms with Crippen molar-refractivity contribution < 1.29 is 14.2 Å². The van der Waals surface area contributed by atoms with E-state index in [1.54, 1.807) is 24.4 Å². The van der Waals surface area contributed by atoms with Gasteiger partial charge in [-0.05, 0) is 25.1 Å². The first-order valence-corrected chi connectivity index (χ1v) is 6.50. The van der Waals surface area contributed by atoms with Crippen LogP contribution in [0.1, 0.15) is 13.3 Å². The number of anilines is 1. The lowest BCUT2D eigenvalue weighted by molar-refractivity contribution is 0.0933. The van der Waals surface area contributed by atoms with Crippen molar-refractivity contribution in [2.24, 2.45) is 0 Å². The second kappa shape index (κ2) is 9.80. The highest BCUT2D eigenvalue weighted by Gasteiger charge is 1.96. The molecule has 0 unspecified atom stereocenters. The van der Waals surface area contributed by atoms with Crippen LogP contribution in [0.5, 0.6) is 5.75 Å². The van der Waals surface area contributed by atoms with Crippen LogP contribution in [0.4, 0.5) is 5.82 Å². The van der Waals surface area contributed by atoms with Gasteiger partial charge >= 0.3 is 0 Å². The quantitative estimate of drug-likeness (QED) is 0.388. The molecular weight excluding hydrogens is 258 g/mol. The SMILES string of the molecule is CCOCCO/C=C/C(=N)CCOc1ccc(N)nc1. The van der Waals surface area contributed by atoms with E-state index in [0.29, 0.717) is 50.1 Å². The maximum atomic E-state index is 7.69. The molecule has 0 aliphatic heterocycles. The molecule has 1 rings (SSSR count). The molecule has 0 spiro atoms. The maximum absolute atomic E-state index is 7.69.